The number of aromatic nitrogens is 2. The van der Waals surface area contributed by atoms with Crippen molar-refractivity contribution in [1.82, 2.24) is 9.55 Å². The van der Waals surface area contributed by atoms with E-state index in [9.17, 15) is 4.79 Å². The molecule has 0 bridgehead atoms. The summed E-state index contributed by atoms with van der Waals surface area (Å²) >= 11 is 0. The van der Waals surface area contributed by atoms with Gasteiger partial charge in [-0.3, -0.25) is 5.32 Å². The lowest BCUT2D eigenvalue weighted by Gasteiger charge is -2.30. The SMILES string of the molecule is CCOc1ccc2c(-c3cocn3)c(-c3ccc(NC(=O)OC(C)C4CC4)cc3)n(C3CCC3)c2c1. The third kappa shape index (κ3) is 4.23. The molecule has 0 spiro atoms. The normalized spacial score (nSPS) is 16.5. The lowest BCUT2D eigenvalue weighted by Crippen LogP contribution is -2.21. The van der Waals surface area contributed by atoms with Crippen molar-refractivity contribution in [2.45, 2.75) is 58.1 Å². The van der Waals surface area contributed by atoms with Crippen LogP contribution in [0.1, 0.15) is 52.0 Å². The third-order valence-corrected chi connectivity index (χ3v) is 7.40. The fourth-order valence-corrected chi connectivity index (χ4v) is 5.14. The fraction of sp³-hybridized carbons (Fsp3) is 0.379. The van der Waals surface area contributed by atoms with Gasteiger partial charge in [0.05, 0.1) is 17.8 Å². The number of carbonyl (C=O) groups is 1. The van der Waals surface area contributed by atoms with Gasteiger partial charge in [-0.1, -0.05) is 12.1 Å². The standard InChI is InChI=1S/C29H31N3O4/c1-3-35-23-13-14-24-26(15-23)32(22-5-4-6-22)28(27(24)25-16-34-17-30-25)20-9-11-21(12-10-20)31-29(33)36-18(2)19-7-8-19/h9-19,22H,3-8H2,1-2H3,(H,31,33). The Morgan fingerprint density at radius 1 is 1.17 bits per heavy atom. The summed E-state index contributed by atoms with van der Waals surface area (Å²) in [4.78, 5) is 16.9. The number of benzene rings is 2. The van der Waals surface area contributed by atoms with Gasteiger partial charge in [0.15, 0.2) is 6.39 Å². The first-order valence-corrected chi connectivity index (χ1v) is 12.9. The van der Waals surface area contributed by atoms with Crippen LogP contribution in [0.4, 0.5) is 10.5 Å². The highest BCUT2D eigenvalue weighted by atomic mass is 16.6. The predicted octanol–water partition coefficient (Wildman–Crippen LogP) is 7.43. The maximum atomic E-state index is 12.3. The molecule has 1 unspecified atom stereocenters. The monoisotopic (exact) mass is 485 g/mol. The first kappa shape index (κ1) is 22.7. The van der Waals surface area contributed by atoms with Crippen LogP contribution in [0.15, 0.2) is 59.5 Å². The summed E-state index contributed by atoms with van der Waals surface area (Å²) in [6, 6.07) is 14.7. The van der Waals surface area contributed by atoms with Gasteiger partial charge in [0.1, 0.15) is 23.8 Å². The van der Waals surface area contributed by atoms with E-state index in [-0.39, 0.29) is 6.10 Å². The molecular formula is C29H31N3O4. The van der Waals surface area contributed by atoms with E-state index in [1.54, 1.807) is 6.26 Å². The summed E-state index contributed by atoms with van der Waals surface area (Å²) in [5.41, 5.74) is 5.86. The molecule has 0 saturated heterocycles. The van der Waals surface area contributed by atoms with Gasteiger partial charge in [0.25, 0.3) is 0 Å². The highest BCUT2D eigenvalue weighted by Crippen LogP contribution is 2.47. The van der Waals surface area contributed by atoms with Crippen molar-refractivity contribution < 1.29 is 18.7 Å². The number of fused-ring (bicyclic) bond motifs is 1. The topological polar surface area (TPSA) is 78.5 Å². The molecule has 1 amide bonds. The number of ether oxygens (including phenoxy) is 2. The zero-order chi connectivity index (χ0) is 24.6. The second-order valence-corrected chi connectivity index (χ2v) is 9.81. The Bertz CT molecular complexity index is 1370. The van der Waals surface area contributed by atoms with Gasteiger partial charge in [0.2, 0.25) is 0 Å². The molecule has 0 aliphatic heterocycles. The molecular weight excluding hydrogens is 454 g/mol. The molecule has 1 atom stereocenters. The van der Waals surface area contributed by atoms with E-state index >= 15 is 0 Å². The molecule has 2 aromatic heterocycles. The Kier molecular flexibility index (Phi) is 5.91. The molecule has 2 aromatic carbocycles. The number of anilines is 1. The average molecular weight is 486 g/mol. The molecule has 2 aliphatic rings. The molecule has 7 nitrogen and oxygen atoms in total. The quantitative estimate of drug-likeness (QED) is 0.281. The van der Waals surface area contributed by atoms with Gasteiger partial charge in [-0.2, -0.15) is 0 Å². The van der Waals surface area contributed by atoms with Crippen molar-refractivity contribution in [2.75, 3.05) is 11.9 Å². The highest BCUT2D eigenvalue weighted by molar-refractivity contribution is 6.04. The second kappa shape index (κ2) is 9.37. The van der Waals surface area contributed by atoms with Gasteiger partial charge < -0.3 is 18.5 Å². The van der Waals surface area contributed by atoms with Crippen LogP contribution in [-0.2, 0) is 4.74 Å². The number of amides is 1. The van der Waals surface area contributed by atoms with Crippen LogP contribution < -0.4 is 10.1 Å². The first-order valence-electron chi connectivity index (χ1n) is 12.9. The molecule has 0 radical (unpaired) electrons. The maximum absolute atomic E-state index is 12.3. The van der Waals surface area contributed by atoms with Gasteiger partial charge >= 0.3 is 6.09 Å². The Labute approximate surface area is 210 Å². The molecule has 1 N–H and O–H groups in total. The second-order valence-electron chi connectivity index (χ2n) is 9.81. The van der Waals surface area contributed by atoms with Crippen molar-refractivity contribution in [3.63, 3.8) is 0 Å². The van der Waals surface area contributed by atoms with Crippen LogP contribution in [0.3, 0.4) is 0 Å². The molecule has 2 fully saturated rings. The van der Waals surface area contributed by atoms with Crippen LogP contribution in [0.5, 0.6) is 5.75 Å². The van der Waals surface area contributed by atoms with Gasteiger partial charge in [-0.05, 0) is 81.7 Å². The van der Waals surface area contributed by atoms with Gasteiger partial charge in [-0.25, -0.2) is 9.78 Å². The Hall–Kier alpha value is -3.74. The van der Waals surface area contributed by atoms with E-state index in [2.05, 4.69) is 39.1 Å². The number of oxazole rings is 1. The van der Waals surface area contributed by atoms with Crippen LogP contribution in [0.2, 0.25) is 0 Å². The Morgan fingerprint density at radius 3 is 2.61 bits per heavy atom. The molecule has 4 aromatic rings. The van der Waals surface area contributed by atoms with E-state index in [4.69, 9.17) is 13.9 Å². The molecule has 2 aliphatic carbocycles. The molecule has 36 heavy (non-hydrogen) atoms. The number of nitrogens with one attached hydrogen (secondary N) is 1. The van der Waals surface area contributed by atoms with E-state index in [0.717, 1.165) is 64.9 Å². The molecule has 186 valence electrons. The van der Waals surface area contributed by atoms with E-state index in [1.807, 2.05) is 32.0 Å². The summed E-state index contributed by atoms with van der Waals surface area (Å²) in [6.45, 7) is 4.58. The Morgan fingerprint density at radius 2 is 1.97 bits per heavy atom. The molecule has 2 heterocycles. The molecule has 7 heteroatoms. The maximum Gasteiger partial charge on any atom is 0.411 e. The van der Waals surface area contributed by atoms with Crippen LogP contribution in [0, 0.1) is 5.92 Å². The third-order valence-electron chi connectivity index (χ3n) is 7.40. The minimum atomic E-state index is -0.405. The van der Waals surface area contributed by atoms with Crippen LogP contribution in [0.25, 0.3) is 33.4 Å². The lowest BCUT2D eigenvalue weighted by atomic mass is 9.92. The zero-order valence-electron chi connectivity index (χ0n) is 20.7. The van der Waals surface area contributed by atoms with Crippen molar-refractivity contribution in [2.24, 2.45) is 5.92 Å². The largest absolute Gasteiger partial charge is 0.494 e. The summed E-state index contributed by atoms with van der Waals surface area (Å²) in [6.07, 6.45) is 8.49. The van der Waals surface area contributed by atoms with E-state index < -0.39 is 6.09 Å². The number of rotatable bonds is 8. The van der Waals surface area contributed by atoms with Gasteiger partial charge in [-0.15, -0.1) is 0 Å². The van der Waals surface area contributed by atoms with Crippen LogP contribution >= 0.6 is 0 Å². The Balaban J connectivity index is 1.41. The van der Waals surface area contributed by atoms with Crippen molar-refractivity contribution >= 4 is 22.7 Å². The van der Waals surface area contributed by atoms with E-state index in [1.165, 1.54) is 12.8 Å². The predicted molar refractivity (Wildman–Crippen MR) is 139 cm³/mol. The summed E-state index contributed by atoms with van der Waals surface area (Å²) in [5, 5.41) is 3.99. The lowest BCUT2D eigenvalue weighted by molar-refractivity contribution is 0.108. The molecule has 2 saturated carbocycles. The van der Waals surface area contributed by atoms with E-state index in [0.29, 0.717) is 24.3 Å². The highest BCUT2D eigenvalue weighted by Gasteiger charge is 2.31. The number of hydrogen-bond donors (Lipinski definition) is 1. The van der Waals surface area contributed by atoms with Crippen molar-refractivity contribution in [1.29, 1.82) is 0 Å². The van der Waals surface area contributed by atoms with Crippen molar-refractivity contribution in [3.8, 4) is 28.3 Å². The van der Waals surface area contributed by atoms with Crippen molar-refractivity contribution in [3.05, 3.63) is 55.1 Å². The summed E-state index contributed by atoms with van der Waals surface area (Å²) < 4.78 is 19.2. The fourth-order valence-electron chi connectivity index (χ4n) is 5.14. The number of nitrogens with zero attached hydrogens (tertiary/aromatic N) is 2. The number of carbonyl (C=O) groups excluding carboxylic acids is 1. The van der Waals surface area contributed by atoms with Gasteiger partial charge in [0, 0.05) is 28.7 Å². The summed E-state index contributed by atoms with van der Waals surface area (Å²) in [7, 11) is 0. The zero-order valence-corrected chi connectivity index (χ0v) is 20.7. The smallest absolute Gasteiger partial charge is 0.411 e. The molecule has 6 rings (SSSR count). The summed E-state index contributed by atoms with van der Waals surface area (Å²) in [5.74, 6) is 1.37. The first-order chi connectivity index (χ1) is 17.6. The van der Waals surface area contributed by atoms with Crippen LogP contribution in [-0.4, -0.2) is 28.4 Å². The average Bonchev–Trinajstić information content (AvgIpc) is 3.47. The number of hydrogen-bond acceptors (Lipinski definition) is 5. The minimum Gasteiger partial charge on any atom is -0.494 e. The minimum absolute atomic E-state index is 0.0472.